The van der Waals surface area contributed by atoms with E-state index >= 15 is 0 Å². The van der Waals surface area contributed by atoms with Crippen molar-refractivity contribution >= 4 is 6.03 Å². The van der Waals surface area contributed by atoms with Crippen LogP contribution in [0.4, 0.5) is 4.79 Å². The van der Waals surface area contributed by atoms with Crippen LogP contribution in [0.1, 0.15) is 12.0 Å². The Balaban J connectivity index is 1.52. The van der Waals surface area contributed by atoms with Gasteiger partial charge in [0, 0.05) is 31.9 Å². The fraction of sp³-hybridized carbons (Fsp3) is 0.421. The van der Waals surface area contributed by atoms with Crippen LogP contribution in [0, 0.1) is 0 Å². The molecule has 1 aliphatic rings. The van der Waals surface area contributed by atoms with Crippen molar-refractivity contribution < 1.29 is 23.7 Å². The van der Waals surface area contributed by atoms with E-state index in [2.05, 4.69) is 15.3 Å². The first-order valence-electron chi connectivity index (χ1n) is 8.90. The first-order chi connectivity index (χ1) is 13.6. The summed E-state index contributed by atoms with van der Waals surface area (Å²) in [5.41, 5.74) is 0.919. The van der Waals surface area contributed by atoms with Crippen LogP contribution in [-0.2, 0) is 6.54 Å². The number of benzene rings is 1. The van der Waals surface area contributed by atoms with E-state index in [1.807, 2.05) is 18.2 Å². The van der Waals surface area contributed by atoms with Gasteiger partial charge in [0.2, 0.25) is 0 Å². The molecule has 3 rings (SSSR count). The van der Waals surface area contributed by atoms with Gasteiger partial charge in [-0.2, -0.15) is 0 Å². The molecule has 9 heteroatoms. The van der Waals surface area contributed by atoms with E-state index in [-0.39, 0.29) is 12.1 Å². The Kier molecular flexibility index (Phi) is 6.36. The number of hydrogen-bond acceptors (Lipinski definition) is 7. The normalized spacial score (nSPS) is 15.8. The highest BCUT2D eigenvalue weighted by atomic mass is 16.5. The van der Waals surface area contributed by atoms with Crippen molar-refractivity contribution in [1.29, 1.82) is 0 Å². The summed E-state index contributed by atoms with van der Waals surface area (Å²) in [7, 11) is 4.68. The molecule has 1 aromatic carbocycles. The number of nitrogens with one attached hydrogen (secondary N) is 1. The summed E-state index contributed by atoms with van der Waals surface area (Å²) in [6.07, 6.45) is 3.63. The number of rotatable bonds is 7. The summed E-state index contributed by atoms with van der Waals surface area (Å²) < 4.78 is 21.5. The Morgan fingerprint density at radius 1 is 1.11 bits per heavy atom. The number of amides is 2. The average Bonchev–Trinajstić information content (AvgIpc) is 3.20. The molecule has 1 saturated heterocycles. The summed E-state index contributed by atoms with van der Waals surface area (Å²) in [4.78, 5) is 22.4. The Labute approximate surface area is 163 Å². The van der Waals surface area contributed by atoms with Crippen molar-refractivity contribution in [2.45, 2.75) is 19.1 Å². The van der Waals surface area contributed by atoms with Crippen molar-refractivity contribution in [2.24, 2.45) is 0 Å². The fourth-order valence-corrected chi connectivity index (χ4v) is 2.98. The molecule has 1 atom stereocenters. The second-order valence-corrected chi connectivity index (χ2v) is 6.19. The summed E-state index contributed by atoms with van der Waals surface area (Å²) in [5, 5.41) is 2.92. The maximum atomic E-state index is 12.5. The standard InChI is InChI=1S/C19H24N4O5/c1-25-15-5-4-13(10-16(15)26-2)11-22-19(24)23-9-6-14(12-23)28-18-17(27-3)20-7-8-21-18/h4-5,7-8,10,14H,6,9,11-12H2,1-3H3,(H,22,24)/t14-/m0/s1. The lowest BCUT2D eigenvalue weighted by molar-refractivity contribution is 0.177. The average molecular weight is 388 g/mol. The van der Waals surface area contributed by atoms with Gasteiger partial charge in [0.05, 0.1) is 27.9 Å². The largest absolute Gasteiger partial charge is 0.493 e. The van der Waals surface area contributed by atoms with E-state index < -0.39 is 0 Å². The van der Waals surface area contributed by atoms with E-state index in [0.717, 1.165) is 5.56 Å². The highest BCUT2D eigenvalue weighted by Crippen LogP contribution is 2.27. The predicted molar refractivity (Wildman–Crippen MR) is 101 cm³/mol. The first kappa shape index (κ1) is 19.5. The zero-order chi connectivity index (χ0) is 19.9. The molecule has 9 nitrogen and oxygen atoms in total. The molecule has 1 N–H and O–H groups in total. The number of likely N-dealkylation sites (tertiary alicyclic amines) is 1. The quantitative estimate of drug-likeness (QED) is 0.774. The predicted octanol–water partition coefficient (Wildman–Crippen LogP) is 1.87. The van der Waals surface area contributed by atoms with Gasteiger partial charge in [-0.25, -0.2) is 14.8 Å². The number of aromatic nitrogens is 2. The van der Waals surface area contributed by atoms with Crippen molar-refractivity contribution in [1.82, 2.24) is 20.2 Å². The van der Waals surface area contributed by atoms with Gasteiger partial charge >= 0.3 is 6.03 Å². The summed E-state index contributed by atoms with van der Waals surface area (Å²) in [6.45, 7) is 1.46. The molecule has 0 radical (unpaired) electrons. The minimum Gasteiger partial charge on any atom is -0.493 e. The molecule has 1 aromatic heterocycles. The van der Waals surface area contributed by atoms with Crippen LogP contribution in [0.2, 0.25) is 0 Å². The molecule has 1 aliphatic heterocycles. The Hall–Kier alpha value is -3.23. The maximum Gasteiger partial charge on any atom is 0.317 e. The molecule has 0 aliphatic carbocycles. The lowest BCUT2D eigenvalue weighted by Gasteiger charge is -2.18. The van der Waals surface area contributed by atoms with E-state index in [9.17, 15) is 4.79 Å². The third-order valence-electron chi connectivity index (χ3n) is 4.43. The van der Waals surface area contributed by atoms with Crippen LogP contribution < -0.4 is 24.3 Å². The third-order valence-corrected chi connectivity index (χ3v) is 4.43. The van der Waals surface area contributed by atoms with Crippen LogP contribution in [0.15, 0.2) is 30.6 Å². The minimum absolute atomic E-state index is 0.146. The lowest BCUT2D eigenvalue weighted by Crippen LogP contribution is -2.39. The van der Waals surface area contributed by atoms with Crippen molar-refractivity contribution in [3.63, 3.8) is 0 Å². The molecule has 1 fully saturated rings. The summed E-state index contributed by atoms with van der Waals surface area (Å²) >= 11 is 0. The number of urea groups is 1. The minimum atomic E-state index is -0.155. The second kappa shape index (κ2) is 9.12. The number of ether oxygens (including phenoxy) is 4. The first-order valence-corrected chi connectivity index (χ1v) is 8.90. The Bertz CT molecular complexity index is 817. The smallest absolute Gasteiger partial charge is 0.317 e. The van der Waals surface area contributed by atoms with Crippen LogP contribution in [0.25, 0.3) is 0 Å². The van der Waals surface area contributed by atoms with Crippen LogP contribution in [0.3, 0.4) is 0 Å². The van der Waals surface area contributed by atoms with E-state index in [4.69, 9.17) is 18.9 Å². The Morgan fingerprint density at radius 3 is 2.57 bits per heavy atom. The number of nitrogens with zero attached hydrogens (tertiary/aromatic N) is 3. The van der Waals surface area contributed by atoms with Gasteiger partial charge in [0.25, 0.3) is 11.8 Å². The van der Waals surface area contributed by atoms with Gasteiger partial charge < -0.3 is 29.2 Å². The van der Waals surface area contributed by atoms with Gasteiger partial charge in [-0.3, -0.25) is 0 Å². The number of hydrogen-bond donors (Lipinski definition) is 1. The summed E-state index contributed by atoms with van der Waals surface area (Å²) in [6, 6.07) is 5.40. The topological polar surface area (TPSA) is 95.0 Å². The molecule has 0 bridgehead atoms. The molecule has 0 unspecified atom stereocenters. The van der Waals surface area contributed by atoms with Gasteiger partial charge in [-0.05, 0) is 17.7 Å². The molecule has 2 heterocycles. The SMILES string of the molecule is COc1ccc(CNC(=O)N2CC[C@H](Oc3nccnc3OC)C2)cc1OC. The fourth-order valence-electron chi connectivity index (χ4n) is 2.98. The van der Waals surface area contributed by atoms with Crippen molar-refractivity contribution in [3.05, 3.63) is 36.2 Å². The molecule has 0 spiro atoms. The van der Waals surface area contributed by atoms with E-state index in [1.54, 1.807) is 25.3 Å². The molecule has 28 heavy (non-hydrogen) atoms. The second-order valence-electron chi connectivity index (χ2n) is 6.19. The molecule has 150 valence electrons. The zero-order valence-electron chi connectivity index (χ0n) is 16.2. The molecule has 0 saturated carbocycles. The number of methoxy groups -OCH3 is 3. The van der Waals surface area contributed by atoms with Crippen molar-refractivity contribution in [2.75, 3.05) is 34.4 Å². The van der Waals surface area contributed by atoms with Gasteiger partial charge in [0.15, 0.2) is 11.5 Å². The molecular weight excluding hydrogens is 364 g/mol. The molecule has 2 amide bonds. The highest BCUT2D eigenvalue weighted by molar-refractivity contribution is 5.74. The van der Waals surface area contributed by atoms with E-state index in [1.165, 1.54) is 13.3 Å². The number of carbonyl (C=O) groups excluding carboxylic acids is 1. The zero-order valence-corrected chi connectivity index (χ0v) is 16.2. The van der Waals surface area contributed by atoms with Crippen LogP contribution in [-0.4, -0.2) is 61.4 Å². The molecular formula is C19H24N4O5. The molecule has 2 aromatic rings. The van der Waals surface area contributed by atoms with Gasteiger partial charge in [-0.15, -0.1) is 0 Å². The highest BCUT2D eigenvalue weighted by Gasteiger charge is 2.28. The van der Waals surface area contributed by atoms with Crippen LogP contribution >= 0.6 is 0 Å². The van der Waals surface area contributed by atoms with Crippen molar-refractivity contribution in [3.8, 4) is 23.3 Å². The van der Waals surface area contributed by atoms with Gasteiger partial charge in [0.1, 0.15) is 6.10 Å². The van der Waals surface area contributed by atoms with Crippen LogP contribution in [0.5, 0.6) is 23.3 Å². The number of carbonyl (C=O) groups is 1. The van der Waals surface area contributed by atoms with Gasteiger partial charge in [-0.1, -0.05) is 6.07 Å². The Morgan fingerprint density at radius 2 is 1.86 bits per heavy atom. The maximum absolute atomic E-state index is 12.5. The third kappa shape index (κ3) is 4.54. The summed E-state index contributed by atoms with van der Waals surface area (Å²) in [5.74, 6) is 1.94. The monoisotopic (exact) mass is 388 g/mol. The van der Waals surface area contributed by atoms with E-state index in [0.29, 0.717) is 49.3 Å². The lowest BCUT2D eigenvalue weighted by atomic mass is 10.2.